The van der Waals surface area contributed by atoms with Crippen LogP contribution in [0, 0.1) is 0 Å². The van der Waals surface area contributed by atoms with Crippen LogP contribution in [0.2, 0.25) is 0 Å². The van der Waals surface area contributed by atoms with E-state index in [-0.39, 0.29) is 11.9 Å². The number of nitrogens with two attached hydrogens (primary N) is 1. The van der Waals surface area contributed by atoms with E-state index in [9.17, 15) is 0 Å². The van der Waals surface area contributed by atoms with Crippen molar-refractivity contribution in [2.75, 3.05) is 5.32 Å². The predicted molar refractivity (Wildman–Crippen MR) is 83.0 cm³/mol. The third kappa shape index (κ3) is 3.09. The summed E-state index contributed by atoms with van der Waals surface area (Å²) < 4.78 is 0. The number of anilines is 1. The smallest absolute Gasteiger partial charge is 0.161 e. The van der Waals surface area contributed by atoms with Gasteiger partial charge in [-0.05, 0) is 18.1 Å². The summed E-state index contributed by atoms with van der Waals surface area (Å²) in [6.45, 7) is 1.99. The van der Waals surface area contributed by atoms with Crippen LogP contribution in [0.5, 0.6) is 0 Å². The molecule has 1 unspecified atom stereocenters. The van der Waals surface area contributed by atoms with Gasteiger partial charge in [0, 0.05) is 11.3 Å². The van der Waals surface area contributed by atoms with Gasteiger partial charge in [0.1, 0.15) is 0 Å². The zero-order valence-electron chi connectivity index (χ0n) is 11.5. The number of amidine groups is 1. The van der Waals surface area contributed by atoms with Crippen LogP contribution in [0.1, 0.15) is 13.3 Å². The van der Waals surface area contributed by atoms with Crippen LogP contribution < -0.4 is 11.1 Å². The molecule has 1 atom stereocenters. The third-order valence-corrected chi connectivity index (χ3v) is 3.22. The molecule has 0 heterocycles. The second-order valence-electron chi connectivity index (χ2n) is 4.54. The van der Waals surface area contributed by atoms with E-state index in [1.54, 1.807) is 0 Å². The van der Waals surface area contributed by atoms with Gasteiger partial charge < -0.3 is 16.3 Å². The summed E-state index contributed by atoms with van der Waals surface area (Å²) in [4.78, 5) is 0. The number of nitrogens with one attached hydrogen (secondary N) is 1. The van der Waals surface area contributed by atoms with Crippen molar-refractivity contribution in [3.05, 3.63) is 54.6 Å². The van der Waals surface area contributed by atoms with Gasteiger partial charge in [0.25, 0.3) is 0 Å². The SMILES string of the molecule is CCC(Nc1ccccc1-c1ccccc1)C(N)=NO. The number of nitrogens with zero attached hydrogens (tertiary/aromatic N) is 1. The van der Waals surface area contributed by atoms with E-state index >= 15 is 0 Å². The quantitative estimate of drug-likeness (QED) is 0.337. The Labute approximate surface area is 118 Å². The van der Waals surface area contributed by atoms with Crippen molar-refractivity contribution >= 4 is 11.5 Å². The summed E-state index contributed by atoms with van der Waals surface area (Å²) in [6, 6.07) is 17.9. The van der Waals surface area contributed by atoms with E-state index in [1.165, 1.54) is 0 Å². The molecule has 4 nitrogen and oxygen atoms in total. The van der Waals surface area contributed by atoms with Crippen LogP contribution in [-0.2, 0) is 0 Å². The van der Waals surface area contributed by atoms with Crippen molar-refractivity contribution < 1.29 is 5.21 Å². The second-order valence-corrected chi connectivity index (χ2v) is 4.54. The van der Waals surface area contributed by atoms with Crippen LogP contribution in [0.3, 0.4) is 0 Å². The molecule has 0 fully saturated rings. The number of para-hydroxylation sites is 1. The number of oxime groups is 1. The lowest BCUT2D eigenvalue weighted by molar-refractivity contribution is 0.316. The molecule has 0 spiro atoms. The molecular weight excluding hydrogens is 250 g/mol. The maximum atomic E-state index is 8.82. The molecule has 0 saturated carbocycles. The third-order valence-electron chi connectivity index (χ3n) is 3.22. The minimum absolute atomic E-state index is 0.190. The van der Waals surface area contributed by atoms with Gasteiger partial charge in [0.2, 0.25) is 0 Å². The first kappa shape index (κ1) is 13.9. The van der Waals surface area contributed by atoms with Crippen LogP contribution in [0.15, 0.2) is 59.8 Å². The van der Waals surface area contributed by atoms with Crippen LogP contribution in [0.25, 0.3) is 11.1 Å². The van der Waals surface area contributed by atoms with Gasteiger partial charge in [-0.25, -0.2) is 0 Å². The monoisotopic (exact) mass is 269 g/mol. The summed E-state index contributed by atoms with van der Waals surface area (Å²) in [5.74, 6) is 0.190. The Hall–Kier alpha value is -2.49. The van der Waals surface area contributed by atoms with Crippen molar-refractivity contribution in [1.29, 1.82) is 0 Å². The Morgan fingerprint density at radius 1 is 1.15 bits per heavy atom. The average molecular weight is 269 g/mol. The van der Waals surface area contributed by atoms with E-state index < -0.39 is 0 Å². The van der Waals surface area contributed by atoms with E-state index in [4.69, 9.17) is 10.9 Å². The summed E-state index contributed by atoms with van der Waals surface area (Å²) in [5.41, 5.74) is 8.90. The standard InChI is InChI=1S/C16H19N3O/c1-2-14(16(17)19-20)18-15-11-7-6-10-13(15)12-8-4-3-5-9-12/h3-11,14,18,20H,2H2,1H3,(H2,17,19). The summed E-state index contributed by atoms with van der Waals surface area (Å²) in [7, 11) is 0. The molecule has 4 heteroatoms. The maximum Gasteiger partial charge on any atom is 0.161 e. The van der Waals surface area contributed by atoms with E-state index in [1.807, 2.05) is 43.3 Å². The molecule has 20 heavy (non-hydrogen) atoms. The molecule has 0 bridgehead atoms. The predicted octanol–water partition coefficient (Wildman–Crippen LogP) is 3.29. The Balaban J connectivity index is 2.34. The van der Waals surface area contributed by atoms with Crippen LogP contribution >= 0.6 is 0 Å². The molecule has 0 aliphatic carbocycles. The number of hydrogen-bond acceptors (Lipinski definition) is 3. The molecule has 0 aliphatic rings. The maximum absolute atomic E-state index is 8.82. The number of rotatable bonds is 5. The van der Waals surface area contributed by atoms with E-state index in [0.717, 1.165) is 23.2 Å². The fourth-order valence-corrected chi connectivity index (χ4v) is 2.12. The lowest BCUT2D eigenvalue weighted by Gasteiger charge is -2.19. The van der Waals surface area contributed by atoms with E-state index in [2.05, 4.69) is 28.7 Å². The van der Waals surface area contributed by atoms with Gasteiger partial charge in [0.05, 0.1) is 6.04 Å². The van der Waals surface area contributed by atoms with Crippen molar-refractivity contribution in [3.63, 3.8) is 0 Å². The molecular formula is C16H19N3O. The summed E-state index contributed by atoms with van der Waals surface area (Å²) >= 11 is 0. The van der Waals surface area contributed by atoms with Crippen molar-refractivity contribution in [1.82, 2.24) is 0 Å². The highest BCUT2D eigenvalue weighted by Gasteiger charge is 2.13. The number of benzene rings is 2. The van der Waals surface area contributed by atoms with Crippen LogP contribution in [-0.4, -0.2) is 17.1 Å². The highest BCUT2D eigenvalue weighted by molar-refractivity contribution is 5.89. The molecule has 0 saturated heterocycles. The molecule has 2 aromatic rings. The van der Waals surface area contributed by atoms with Gasteiger partial charge in [0.15, 0.2) is 5.84 Å². The van der Waals surface area contributed by atoms with Gasteiger partial charge in [-0.3, -0.25) is 0 Å². The molecule has 2 aromatic carbocycles. The first-order valence-corrected chi connectivity index (χ1v) is 6.64. The highest BCUT2D eigenvalue weighted by Crippen LogP contribution is 2.28. The fraction of sp³-hybridized carbons (Fsp3) is 0.188. The lowest BCUT2D eigenvalue weighted by atomic mass is 10.0. The Morgan fingerprint density at radius 3 is 2.45 bits per heavy atom. The minimum atomic E-state index is -0.190. The minimum Gasteiger partial charge on any atom is -0.409 e. The van der Waals surface area contributed by atoms with Crippen molar-refractivity contribution in [2.45, 2.75) is 19.4 Å². The molecule has 0 aromatic heterocycles. The van der Waals surface area contributed by atoms with Gasteiger partial charge in [-0.15, -0.1) is 0 Å². The zero-order chi connectivity index (χ0) is 14.4. The summed E-state index contributed by atoms with van der Waals surface area (Å²) in [5, 5.41) is 15.2. The van der Waals surface area contributed by atoms with Gasteiger partial charge in [-0.1, -0.05) is 60.6 Å². The largest absolute Gasteiger partial charge is 0.409 e. The molecule has 0 radical (unpaired) electrons. The topological polar surface area (TPSA) is 70.6 Å². The van der Waals surface area contributed by atoms with Crippen LogP contribution in [0.4, 0.5) is 5.69 Å². The van der Waals surface area contributed by atoms with Gasteiger partial charge in [-0.2, -0.15) is 0 Å². The molecule has 4 N–H and O–H groups in total. The zero-order valence-corrected chi connectivity index (χ0v) is 11.5. The highest BCUT2D eigenvalue weighted by atomic mass is 16.4. The fourth-order valence-electron chi connectivity index (χ4n) is 2.12. The van der Waals surface area contributed by atoms with Gasteiger partial charge >= 0.3 is 0 Å². The molecule has 0 aliphatic heterocycles. The summed E-state index contributed by atoms with van der Waals surface area (Å²) in [6.07, 6.45) is 0.735. The molecule has 104 valence electrons. The normalized spacial score (nSPS) is 12.9. The lowest BCUT2D eigenvalue weighted by Crippen LogP contribution is -2.35. The Morgan fingerprint density at radius 2 is 1.80 bits per heavy atom. The Kier molecular flexibility index (Phi) is 4.60. The first-order valence-electron chi connectivity index (χ1n) is 6.64. The van der Waals surface area contributed by atoms with Crippen molar-refractivity contribution in [3.8, 4) is 11.1 Å². The molecule has 0 amide bonds. The molecule has 2 rings (SSSR count). The first-order chi connectivity index (χ1) is 9.76. The average Bonchev–Trinajstić information content (AvgIpc) is 2.53. The second kappa shape index (κ2) is 6.61. The van der Waals surface area contributed by atoms with E-state index in [0.29, 0.717) is 0 Å². The Bertz CT molecular complexity index is 581. The number of hydrogen-bond donors (Lipinski definition) is 3. The van der Waals surface area contributed by atoms with Crippen molar-refractivity contribution in [2.24, 2.45) is 10.9 Å².